The lowest BCUT2D eigenvalue weighted by Gasteiger charge is -2.36. The van der Waals surface area contributed by atoms with E-state index in [-0.39, 0.29) is 12.1 Å². The Balaban J connectivity index is 1.46. The van der Waals surface area contributed by atoms with Crippen molar-refractivity contribution in [1.82, 2.24) is 20.0 Å². The number of hydrogen-bond donors (Lipinski definition) is 1. The first kappa shape index (κ1) is 16.0. The Labute approximate surface area is 144 Å². The molecule has 5 nitrogen and oxygen atoms in total. The van der Waals surface area contributed by atoms with Gasteiger partial charge in [-0.2, -0.15) is 5.10 Å². The molecule has 0 spiro atoms. The average molecular weight is 330 g/mol. The standard InChI is InChI=1S/C19H30N4O/c1-22-18-9-5-8-17(16(18)12-20-22)21-19(24)23(13-14-10-11-14)15-6-3-2-4-7-15/h12,14-15,17H,2-11,13H2,1H3,(H,21,24)/t17-/m1/s1. The van der Waals surface area contributed by atoms with Crippen LogP contribution in [-0.4, -0.2) is 33.3 Å². The number of rotatable bonds is 4. The number of fused-ring (bicyclic) bond motifs is 1. The van der Waals surface area contributed by atoms with Gasteiger partial charge < -0.3 is 10.2 Å². The number of amides is 2. The van der Waals surface area contributed by atoms with Gasteiger partial charge in [-0.1, -0.05) is 19.3 Å². The van der Waals surface area contributed by atoms with Crippen molar-refractivity contribution >= 4 is 6.03 Å². The van der Waals surface area contributed by atoms with E-state index in [0.717, 1.165) is 31.7 Å². The number of carbonyl (C=O) groups is 1. The minimum atomic E-state index is 0.139. The molecule has 1 heterocycles. The fourth-order valence-corrected chi connectivity index (χ4v) is 4.46. The third-order valence-corrected chi connectivity index (χ3v) is 6.10. The fourth-order valence-electron chi connectivity index (χ4n) is 4.46. The number of nitrogens with zero attached hydrogens (tertiary/aromatic N) is 3. The van der Waals surface area contributed by atoms with E-state index in [0.29, 0.717) is 6.04 Å². The summed E-state index contributed by atoms with van der Waals surface area (Å²) >= 11 is 0. The summed E-state index contributed by atoms with van der Waals surface area (Å²) in [5.74, 6) is 0.748. The number of carbonyl (C=O) groups excluding carboxylic acids is 1. The third kappa shape index (κ3) is 3.31. The molecule has 0 bridgehead atoms. The SMILES string of the molecule is Cn1ncc2c1CCC[C@H]2NC(=O)N(CC1CC1)C1CCCCC1. The molecule has 4 rings (SSSR count). The normalized spacial score (nSPS) is 24.5. The van der Waals surface area contributed by atoms with Crippen LogP contribution in [0.2, 0.25) is 0 Å². The van der Waals surface area contributed by atoms with Crippen molar-refractivity contribution in [3.05, 3.63) is 17.5 Å². The van der Waals surface area contributed by atoms with Crippen molar-refractivity contribution in [3.63, 3.8) is 0 Å². The van der Waals surface area contributed by atoms with Gasteiger partial charge in [-0.25, -0.2) is 4.79 Å². The third-order valence-electron chi connectivity index (χ3n) is 6.10. The van der Waals surface area contributed by atoms with Crippen LogP contribution in [0.25, 0.3) is 0 Å². The number of urea groups is 1. The lowest BCUT2D eigenvalue weighted by atomic mass is 9.92. The molecule has 24 heavy (non-hydrogen) atoms. The smallest absolute Gasteiger partial charge is 0.318 e. The summed E-state index contributed by atoms with van der Waals surface area (Å²) in [6.07, 6.45) is 14.0. The second kappa shape index (κ2) is 6.77. The van der Waals surface area contributed by atoms with Gasteiger partial charge >= 0.3 is 6.03 Å². The Bertz CT molecular complexity index is 586. The van der Waals surface area contributed by atoms with Gasteiger partial charge in [0.2, 0.25) is 0 Å². The molecule has 1 atom stereocenters. The molecule has 2 amide bonds. The molecule has 0 aliphatic heterocycles. The van der Waals surface area contributed by atoms with Crippen LogP contribution >= 0.6 is 0 Å². The van der Waals surface area contributed by atoms with Gasteiger partial charge in [0.05, 0.1) is 12.2 Å². The zero-order chi connectivity index (χ0) is 16.5. The van der Waals surface area contributed by atoms with Crippen LogP contribution < -0.4 is 5.32 Å². The lowest BCUT2D eigenvalue weighted by molar-refractivity contribution is 0.148. The van der Waals surface area contributed by atoms with Gasteiger partial charge in [0.25, 0.3) is 0 Å². The minimum absolute atomic E-state index is 0.139. The van der Waals surface area contributed by atoms with Crippen molar-refractivity contribution in [3.8, 4) is 0 Å². The monoisotopic (exact) mass is 330 g/mol. The van der Waals surface area contributed by atoms with Crippen molar-refractivity contribution in [2.24, 2.45) is 13.0 Å². The Morgan fingerprint density at radius 3 is 2.75 bits per heavy atom. The van der Waals surface area contributed by atoms with Crippen LogP contribution in [0.4, 0.5) is 4.79 Å². The second-order valence-electron chi connectivity index (χ2n) is 7.95. The predicted molar refractivity (Wildman–Crippen MR) is 93.7 cm³/mol. The van der Waals surface area contributed by atoms with Gasteiger partial charge in [-0.05, 0) is 50.9 Å². The zero-order valence-electron chi connectivity index (χ0n) is 14.8. The predicted octanol–water partition coefficient (Wildman–Crippen LogP) is 3.55. The second-order valence-corrected chi connectivity index (χ2v) is 7.95. The van der Waals surface area contributed by atoms with Crippen LogP contribution in [-0.2, 0) is 13.5 Å². The summed E-state index contributed by atoms with van der Waals surface area (Å²) in [5, 5.41) is 7.75. The Morgan fingerprint density at radius 1 is 1.21 bits per heavy atom. The highest BCUT2D eigenvalue weighted by Crippen LogP contribution is 2.34. The average Bonchev–Trinajstić information content (AvgIpc) is 3.35. The molecule has 5 heteroatoms. The van der Waals surface area contributed by atoms with Gasteiger partial charge in [0.1, 0.15) is 0 Å². The van der Waals surface area contributed by atoms with E-state index < -0.39 is 0 Å². The van der Waals surface area contributed by atoms with Crippen molar-refractivity contribution < 1.29 is 4.79 Å². The van der Waals surface area contributed by atoms with E-state index in [9.17, 15) is 4.79 Å². The molecule has 3 aliphatic rings. The molecule has 2 fully saturated rings. The van der Waals surface area contributed by atoms with Gasteiger partial charge in [-0.3, -0.25) is 4.68 Å². The fraction of sp³-hybridized carbons (Fsp3) is 0.789. The zero-order valence-corrected chi connectivity index (χ0v) is 14.8. The minimum Gasteiger partial charge on any atom is -0.331 e. The van der Waals surface area contributed by atoms with Crippen LogP contribution in [0.5, 0.6) is 0 Å². The molecular weight excluding hydrogens is 300 g/mol. The Morgan fingerprint density at radius 2 is 2.00 bits per heavy atom. The molecule has 3 aliphatic carbocycles. The molecule has 0 unspecified atom stereocenters. The van der Waals surface area contributed by atoms with E-state index in [4.69, 9.17) is 0 Å². The number of hydrogen-bond acceptors (Lipinski definition) is 2. The summed E-state index contributed by atoms with van der Waals surface area (Å²) in [5.41, 5.74) is 2.52. The van der Waals surface area contributed by atoms with E-state index >= 15 is 0 Å². The maximum absolute atomic E-state index is 13.1. The lowest BCUT2D eigenvalue weighted by Crippen LogP contribution is -2.49. The van der Waals surface area contributed by atoms with E-state index in [1.165, 1.54) is 56.2 Å². The first-order valence-corrected chi connectivity index (χ1v) is 9.80. The van der Waals surface area contributed by atoms with Gasteiger partial charge in [-0.15, -0.1) is 0 Å². The summed E-state index contributed by atoms with van der Waals surface area (Å²) < 4.78 is 1.97. The summed E-state index contributed by atoms with van der Waals surface area (Å²) in [7, 11) is 2.00. The number of aryl methyl sites for hydroxylation is 1. The summed E-state index contributed by atoms with van der Waals surface area (Å²) in [6.45, 7) is 0.961. The quantitative estimate of drug-likeness (QED) is 0.918. The van der Waals surface area contributed by atoms with Crippen molar-refractivity contribution in [2.75, 3.05) is 6.54 Å². The van der Waals surface area contributed by atoms with Gasteiger partial charge in [0, 0.05) is 30.9 Å². The molecule has 0 saturated heterocycles. The summed E-state index contributed by atoms with van der Waals surface area (Å²) in [4.78, 5) is 15.3. The van der Waals surface area contributed by atoms with Crippen molar-refractivity contribution in [1.29, 1.82) is 0 Å². The maximum atomic E-state index is 13.1. The van der Waals surface area contributed by atoms with Crippen LogP contribution in [0.15, 0.2) is 6.20 Å². The van der Waals surface area contributed by atoms with E-state index in [2.05, 4.69) is 15.3 Å². The Kier molecular flexibility index (Phi) is 4.51. The summed E-state index contributed by atoms with van der Waals surface area (Å²) in [6, 6.07) is 0.757. The van der Waals surface area contributed by atoms with Crippen LogP contribution in [0.3, 0.4) is 0 Å². The van der Waals surface area contributed by atoms with Crippen LogP contribution in [0, 0.1) is 5.92 Å². The van der Waals surface area contributed by atoms with Crippen molar-refractivity contribution in [2.45, 2.75) is 76.3 Å². The maximum Gasteiger partial charge on any atom is 0.318 e. The van der Waals surface area contributed by atoms with Crippen LogP contribution in [0.1, 0.15) is 75.1 Å². The van der Waals surface area contributed by atoms with E-state index in [1.54, 1.807) is 0 Å². The number of nitrogens with one attached hydrogen (secondary N) is 1. The topological polar surface area (TPSA) is 50.2 Å². The Hall–Kier alpha value is -1.52. The van der Waals surface area contributed by atoms with Gasteiger partial charge in [0.15, 0.2) is 0 Å². The molecular formula is C19H30N4O. The molecule has 132 valence electrons. The molecule has 1 aromatic heterocycles. The molecule has 1 aromatic rings. The number of aromatic nitrogens is 2. The molecule has 0 aromatic carbocycles. The molecule has 0 radical (unpaired) electrons. The molecule has 1 N–H and O–H groups in total. The largest absolute Gasteiger partial charge is 0.331 e. The highest BCUT2D eigenvalue weighted by atomic mass is 16.2. The first-order chi connectivity index (χ1) is 11.7. The highest BCUT2D eigenvalue weighted by Gasteiger charge is 2.33. The first-order valence-electron chi connectivity index (χ1n) is 9.80. The van der Waals surface area contributed by atoms with E-state index in [1.807, 2.05) is 17.9 Å². The molecule has 2 saturated carbocycles. The highest BCUT2D eigenvalue weighted by molar-refractivity contribution is 5.75.